The van der Waals surface area contributed by atoms with Crippen molar-refractivity contribution in [3.05, 3.63) is 77.4 Å². The second kappa shape index (κ2) is 14.4. The zero-order chi connectivity index (χ0) is 31.9. The normalized spacial score (nSPS) is 16.2. The number of aromatic hydroxyl groups is 1. The smallest absolute Gasteiger partial charge is 0.414 e. The summed E-state index contributed by atoms with van der Waals surface area (Å²) in [6.45, 7) is 3.72. The van der Waals surface area contributed by atoms with E-state index in [2.05, 4.69) is 40.5 Å². The van der Waals surface area contributed by atoms with E-state index in [4.69, 9.17) is 29.3 Å². The van der Waals surface area contributed by atoms with Gasteiger partial charge in [-0.05, 0) is 109 Å². The summed E-state index contributed by atoms with van der Waals surface area (Å²) in [5.41, 5.74) is 4.79. The molecule has 1 atom stereocenters. The highest BCUT2D eigenvalue weighted by Crippen LogP contribution is 2.42. The zero-order valence-corrected chi connectivity index (χ0v) is 25.8. The highest BCUT2D eigenvalue weighted by Gasteiger charge is 2.21. The van der Waals surface area contributed by atoms with Crippen LogP contribution >= 0.6 is 11.3 Å². The Balaban J connectivity index is 0.000000609. The second-order valence-corrected chi connectivity index (χ2v) is 12.2. The van der Waals surface area contributed by atoms with Crippen LogP contribution in [0.1, 0.15) is 42.4 Å². The first-order valence-corrected chi connectivity index (χ1v) is 15.6. The molecule has 3 heterocycles. The number of nitrogens with zero attached hydrogens (tertiary/aromatic N) is 1. The van der Waals surface area contributed by atoms with Gasteiger partial charge in [-0.2, -0.15) is 0 Å². The third-order valence-electron chi connectivity index (χ3n) is 7.94. The number of likely N-dealkylation sites (tertiary alicyclic amines) is 1. The van der Waals surface area contributed by atoms with Gasteiger partial charge in [-0.25, -0.2) is 9.59 Å². The SMILES string of the molecule is COc1cc(Cc2c(-c3ccc(OC[C@H]4CCC(=O)N4)cc3)sc3cc(O)ccc23)ccc1CN1CCCC1.O=C(O)C(=O)O. The number of rotatable bonds is 9. The number of carbonyl (C=O) groups excluding carboxylic acids is 1. The number of benzene rings is 3. The Hall–Kier alpha value is -4.61. The van der Waals surface area contributed by atoms with E-state index in [0.29, 0.717) is 13.0 Å². The molecule has 1 aromatic heterocycles. The van der Waals surface area contributed by atoms with Crippen LogP contribution in [0.5, 0.6) is 17.2 Å². The van der Waals surface area contributed by atoms with Gasteiger partial charge in [-0.3, -0.25) is 9.69 Å². The second-order valence-electron chi connectivity index (χ2n) is 11.1. The number of carbonyl (C=O) groups is 3. The van der Waals surface area contributed by atoms with Gasteiger partial charge in [0.25, 0.3) is 0 Å². The van der Waals surface area contributed by atoms with Gasteiger partial charge in [0.15, 0.2) is 0 Å². The predicted octanol–water partition coefficient (Wildman–Crippen LogP) is 5.28. The molecule has 2 saturated heterocycles. The van der Waals surface area contributed by atoms with Crippen molar-refractivity contribution in [2.24, 2.45) is 0 Å². The number of phenolic OH excluding ortho intramolecular Hbond substituents is 1. The number of methoxy groups -OCH3 is 1. The van der Waals surface area contributed by atoms with E-state index in [9.17, 15) is 9.90 Å². The van der Waals surface area contributed by atoms with Crippen LogP contribution in [0, 0.1) is 0 Å². The molecule has 11 heteroatoms. The first-order chi connectivity index (χ1) is 21.7. The molecule has 0 saturated carbocycles. The first-order valence-electron chi connectivity index (χ1n) is 14.8. The molecule has 0 spiro atoms. The summed E-state index contributed by atoms with van der Waals surface area (Å²) in [7, 11) is 1.76. The van der Waals surface area contributed by atoms with Gasteiger partial charge in [0, 0.05) is 28.1 Å². The quantitative estimate of drug-likeness (QED) is 0.181. The minimum Gasteiger partial charge on any atom is -0.508 e. The lowest BCUT2D eigenvalue weighted by Crippen LogP contribution is -2.30. The van der Waals surface area contributed by atoms with Crippen LogP contribution < -0.4 is 14.8 Å². The Kier molecular flexibility index (Phi) is 10.2. The molecule has 0 radical (unpaired) electrons. The lowest BCUT2D eigenvalue weighted by Gasteiger charge is -2.18. The molecule has 0 aliphatic carbocycles. The molecule has 1 amide bonds. The summed E-state index contributed by atoms with van der Waals surface area (Å²) in [5.74, 6) is -1.54. The van der Waals surface area contributed by atoms with Gasteiger partial charge in [0.1, 0.15) is 23.9 Å². The summed E-state index contributed by atoms with van der Waals surface area (Å²) < 4.78 is 12.8. The Morgan fingerprint density at radius 3 is 2.38 bits per heavy atom. The Morgan fingerprint density at radius 2 is 1.73 bits per heavy atom. The number of phenols is 1. The van der Waals surface area contributed by atoms with E-state index in [1.54, 1.807) is 24.5 Å². The summed E-state index contributed by atoms with van der Waals surface area (Å²) >= 11 is 1.70. The molecular formula is C34H36N2O8S. The highest BCUT2D eigenvalue weighted by molar-refractivity contribution is 7.22. The van der Waals surface area contributed by atoms with Crippen molar-refractivity contribution in [1.82, 2.24) is 10.2 Å². The number of ether oxygens (including phenoxy) is 2. The van der Waals surface area contributed by atoms with Crippen LogP contribution in [0.15, 0.2) is 60.7 Å². The molecule has 4 aromatic rings. The molecule has 4 N–H and O–H groups in total. The fourth-order valence-electron chi connectivity index (χ4n) is 5.66. The minimum atomic E-state index is -1.82. The number of carboxylic acids is 2. The molecule has 2 fully saturated rings. The van der Waals surface area contributed by atoms with Crippen LogP contribution in [-0.2, 0) is 27.3 Å². The summed E-state index contributed by atoms with van der Waals surface area (Å²) in [5, 5.41) is 29.0. The van der Waals surface area contributed by atoms with Crippen LogP contribution in [-0.4, -0.2) is 70.9 Å². The van der Waals surface area contributed by atoms with Gasteiger partial charge in [0.05, 0.1) is 13.2 Å². The van der Waals surface area contributed by atoms with Gasteiger partial charge in [-0.1, -0.05) is 12.1 Å². The first kappa shape index (κ1) is 31.8. The molecular weight excluding hydrogens is 596 g/mol. The highest BCUT2D eigenvalue weighted by atomic mass is 32.1. The number of carboxylic acid groups (broad SMARTS) is 2. The van der Waals surface area contributed by atoms with Crippen molar-refractivity contribution in [2.75, 3.05) is 26.8 Å². The third kappa shape index (κ3) is 8.11. The molecule has 2 aliphatic rings. The summed E-state index contributed by atoms with van der Waals surface area (Å²) in [6, 6.07) is 20.5. The van der Waals surface area contributed by atoms with Crippen LogP contribution in [0.4, 0.5) is 0 Å². The molecule has 0 bridgehead atoms. The van der Waals surface area contributed by atoms with Crippen LogP contribution in [0.2, 0.25) is 0 Å². The van der Waals surface area contributed by atoms with Crippen molar-refractivity contribution >= 4 is 39.3 Å². The van der Waals surface area contributed by atoms with Gasteiger partial charge in [0.2, 0.25) is 5.91 Å². The van der Waals surface area contributed by atoms with Crippen molar-refractivity contribution in [3.8, 4) is 27.7 Å². The molecule has 45 heavy (non-hydrogen) atoms. The monoisotopic (exact) mass is 632 g/mol. The number of thiophene rings is 1. The minimum absolute atomic E-state index is 0.0813. The maximum Gasteiger partial charge on any atom is 0.414 e. The van der Waals surface area contributed by atoms with Gasteiger partial charge >= 0.3 is 11.9 Å². The molecule has 10 nitrogen and oxygen atoms in total. The van der Waals surface area contributed by atoms with Crippen molar-refractivity contribution < 1.29 is 39.2 Å². The number of nitrogens with one attached hydrogen (secondary N) is 1. The van der Waals surface area contributed by atoms with E-state index in [1.165, 1.54) is 34.4 Å². The molecule has 0 unspecified atom stereocenters. The predicted molar refractivity (Wildman–Crippen MR) is 171 cm³/mol. The van der Waals surface area contributed by atoms with E-state index < -0.39 is 11.9 Å². The topological polar surface area (TPSA) is 146 Å². The number of fused-ring (bicyclic) bond motifs is 1. The molecule has 6 rings (SSSR count). The van der Waals surface area contributed by atoms with E-state index in [0.717, 1.165) is 59.6 Å². The Bertz CT molecular complexity index is 1670. The average Bonchev–Trinajstić information content (AvgIpc) is 3.78. The number of hydrogen-bond donors (Lipinski definition) is 4. The van der Waals surface area contributed by atoms with Gasteiger partial charge in [-0.15, -0.1) is 11.3 Å². The van der Waals surface area contributed by atoms with Crippen LogP contribution in [0.3, 0.4) is 0 Å². The fraction of sp³-hybridized carbons (Fsp3) is 0.324. The lowest BCUT2D eigenvalue weighted by molar-refractivity contribution is -0.159. The van der Waals surface area contributed by atoms with Crippen molar-refractivity contribution in [1.29, 1.82) is 0 Å². The maximum absolute atomic E-state index is 11.5. The number of aliphatic carboxylic acids is 2. The van der Waals surface area contributed by atoms with Gasteiger partial charge < -0.3 is 30.1 Å². The zero-order valence-electron chi connectivity index (χ0n) is 25.0. The third-order valence-corrected chi connectivity index (χ3v) is 9.18. The van der Waals surface area contributed by atoms with Crippen LogP contribution in [0.25, 0.3) is 20.5 Å². The standard InChI is InChI=1S/C32H34N2O4S.C2H2O4/c1-37-29-17-21(4-5-23(29)19-34-14-2-3-15-34)16-28-27-12-9-25(35)18-30(27)39-32(28)22-6-10-26(11-7-22)38-20-24-8-13-31(36)33-24;3-1(4)2(5)6/h4-7,9-12,17-18,24,35H,2-3,8,13-16,19-20H2,1H3,(H,33,36);(H,3,4)(H,5,6)/t24-;/m1./s1. The van der Waals surface area contributed by atoms with E-state index in [1.807, 2.05) is 24.3 Å². The number of hydrogen-bond acceptors (Lipinski definition) is 8. The molecule has 3 aromatic carbocycles. The average molecular weight is 633 g/mol. The van der Waals surface area contributed by atoms with Crippen molar-refractivity contribution in [3.63, 3.8) is 0 Å². The summed E-state index contributed by atoms with van der Waals surface area (Å²) in [4.78, 5) is 33.3. The number of amides is 1. The van der Waals surface area contributed by atoms with E-state index >= 15 is 0 Å². The largest absolute Gasteiger partial charge is 0.508 e. The summed E-state index contributed by atoms with van der Waals surface area (Å²) in [6.07, 6.45) is 4.70. The molecule has 2 aliphatic heterocycles. The Morgan fingerprint density at radius 1 is 1.00 bits per heavy atom. The molecule has 236 valence electrons. The lowest BCUT2D eigenvalue weighted by atomic mass is 9.97. The van der Waals surface area contributed by atoms with Crippen molar-refractivity contribution in [2.45, 2.75) is 44.7 Å². The fourth-order valence-corrected chi connectivity index (χ4v) is 6.92. The van der Waals surface area contributed by atoms with E-state index in [-0.39, 0.29) is 17.7 Å². The maximum atomic E-state index is 11.5. The Labute approximate surface area is 264 Å².